The normalized spacial score (nSPS) is 15.9. The van der Waals surface area contributed by atoms with Crippen LogP contribution in [0, 0.1) is 0 Å². The number of fused-ring (bicyclic) bond motifs is 1. The Bertz CT molecular complexity index is 878. The Kier molecular flexibility index (Phi) is 5.51. The summed E-state index contributed by atoms with van der Waals surface area (Å²) in [7, 11) is 0. The van der Waals surface area contributed by atoms with Crippen molar-refractivity contribution in [1.82, 2.24) is 9.80 Å². The SMILES string of the molecule is O=C(CCN1CCN(Cc2ccco2)CC1)Nc1cccc2ccccc12. The summed E-state index contributed by atoms with van der Waals surface area (Å²) in [5, 5.41) is 5.30. The lowest BCUT2D eigenvalue weighted by Crippen LogP contribution is -2.46. The summed E-state index contributed by atoms with van der Waals surface area (Å²) in [5.41, 5.74) is 0.890. The zero-order valence-electron chi connectivity index (χ0n) is 15.4. The van der Waals surface area contributed by atoms with Crippen molar-refractivity contribution in [2.75, 3.05) is 38.0 Å². The summed E-state index contributed by atoms with van der Waals surface area (Å²) in [5.74, 6) is 1.09. The van der Waals surface area contributed by atoms with Crippen molar-refractivity contribution < 1.29 is 9.21 Å². The van der Waals surface area contributed by atoms with Gasteiger partial charge in [0.15, 0.2) is 0 Å². The van der Waals surface area contributed by atoms with Crippen molar-refractivity contribution in [3.05, 3.63) is 66.6 Å². The largest absolute Gasteiger partial charge is 0.468 e. The molecule has 27 heavy (non-hydrogen) atoms. The van der Waals surface area contributed by atoms with Crippen LogP contribution in [-0.2, 0) is 11.3 Å². The Morgan fingerprint density at radius 3 is 2.52 bits per heavy atom. The van der Waals surface area contributed by atoms with Gasteiger partial charge in [-0.1, -0.05) is 36.4 Å². The molecular formula is C22H25N3O2. The summed E-state index contributed by atoms with van der Waals surface area (Å²) in [6, 6.07) is 18.1. The zero-order valence-corrected chi connectivity index (χ0v) is 15.4. The molecule has 1 fully saturated rings. The summed E-state index contributed by atoms with van der Waals surface area (Å²) in [4.78, 5) is 17.2. The number of nitrogens with one attached hydrogen (secondary N) is 1. The number of carbonyl (C=O) groups excluding carboxylic acids is 1. The van der Waals surface area contributed by atoms with E-state index in [1.807, 2.05) is 42.5 Å². The van der Waals surface area contributed by atoms with Crippen LogP contribution in [0.2, 0.25) is 0 Å². The summed E-state index contributed by atoms with van der Waals surface area (Å²) >= 11 is 0. The molecule has 1 amide bonds. The van der Waals surface area contributed by atoms with Crippen LogP contribution in [0.5, 0.6) is 0 Å². The number of hydrogen-bond donors (Lipinski definition) is 1. The van der Waals surface area contributed by atoms with Crippen LogP contribution in [0.1, 0.15) is 12.2 Å². The highest BCUT2D eigenvalue weighted by Gasteiger charge is 2.18. The molecule has 0 spiro atoms. The predicted octanol–water partition coefficient (Wildman–Crippen LogP) is 3.58. The minimum atomic E-state index is 0.0735. The van der Waals surface area contributed by atoms with Gasteiger partial charge in [0.2, 0.25) is 5.91 Å². The number of anilines is 1. The van der Waals surface area contributed by atoms with E-state index in [2.05, 4.69) is 27.2 Å². The van der Waals surface area contributed by atoms with Gasteiger partial charge >= 0.3 is 0 Å². The van der Waals surface area contributed by atoms with E-state index >= 15 is 0 Å². The van der Waals surface area contributed by atoms with E-state index in [-0.39, 0.29) is 5.91 Å². The second-order valence-corrected chi connectivity index (χ2v) is 7.02. The molecule has 1 aliphatic heterocycles. The van der Waals surface area contributed by atoms with E-state index in [0.29, 0.717) is 6.42 Å². The Morgan fingerprint density at radius 1 is 0.926 bits per heavy atom. The number of benzene rings is 2. The van der Waals surface area contributed by atoms with E-state index < -0.39 is 0 Å². The molecule has 1 N–H and O–H groups in total. The van der Waals surface area contributed by atoms with Gasteiger partial charge in [0.05, 0.1) is 12.8 Å². The number of nitrogens with zero attached hydrogens (tertiary/aromatic N) is 2. The number of piperazine rings is 1. The van der Waals surface area contributed by atoms with Crippen molar-refractivity contribution >= 4 is 22.4 Å². The molecule has 0 atom stereocenters. The maximum absolute atomic E-state index is 12.4. The minimum Gasteiger partial charge on any atom is -0.468 e. The molecule has 1 aromatic heterocycles. The van der Waals surface area contributed by atoms with Gasteiger partial charge < -0.3 is 14.6 Å². The first-order valence-corrected chi connectivity index (χ1v) is 9.53. The Labute approximate surface area is 159 Å². The quantitative estimate of drug-likeness (QED) is 0.727. The van der Waals surface area contributed by atoms with Gasteiger partial charge in [-0.3, -0.25) is 9.69 Å². The summed E-state index contributed by atoms with van der Waals surface area (Å²) in [6.45, 7) is 5.65. The zero-order chi connectivity index (χ0) is 18.5. The number of amides is 1. The molecular weight excluding hydrogens is 338 g/mol. The van der Waals surface area contributed by atoms with Crippen molar-refractivity contribution in [3.63, 3.8) is 0 Å². The summed E-state index contributed by atoms with van der Waals surface area (Å²) in [6.07, 6.45) is 2.24. The van der Waals surface area contributed by atoms with E-state index in [9.17, 15) is 4.79 Å². The topological polar surface area (TPSA) is 48.7 Å². The molecule has 0 bridgehead atoms. The van der Waals surface area contributed by atoms with Crippen molar-refractivity contribution in [1.29, 1.82) is 0 Å². The average molecular weight is 363 g/mol. The first kappa shape index (κ1) is 17.8. The van der Waals surface area contributed by atoms with Gasteiger partial charge in [-0.25, -0.2) is 0 Å². The Balaban J connectivity index is 1.24. The van der Waals surface area contributed by atoms with E-state index in [1.54, 1.807) is 6.26 Å². The first-order valence-electron chi connectivity index (χ1n) is 9.53. The Hall–Kier alpha value is -2.63. The highest BCUT2D eigenvalue weighted by Crippen LogP contribution is 2.23. The number of rotatable bonds is 6. The molecule has 0 unspecified atom stereocenters. The molecule has 0 aliphatic carbocycles. The van der Waals surface area contributed by atoms with Crippen LogP contribution >= 0.6 is 0 Å². The van der Waals surface area contributed by atoms with Gasteiger partial charge in [0.1, 0.15) is 5.76 Å². The maximum Gasteiger partial charge on any atom is 0.225 e. The first-order chi connectivity index (χ1) is 13.3. The lowest BCUT2D eigenvalue weighted by Gasteiger charge is -2.34. The van der Waals surface area contributed by atoms with Crippen molar-refractivity contribution in [2.45, 2.75) is 13.0 Å². The molecule has 4 rings (SSSR count). The van der Waals surface area contributed by atoms with Crippen LogP contribution in [0.15, 0.2) is 65.3 Å². The molecule has 1 aliphatic rings. The molecule has 0 saturated carbocycles. The average Bonchev–Trinajstić information content (AvgIpc) is 3.21. The fourth-order valence-electron chi connectivity index (χ4n) is 3.60. The third-order valence-electron chi connectivity index (χ3n) is 5.14. The van der Waals surface area contributed by atoms with Gasteiger partial charge in [0.25, 0.3) is 0 Å². The number of carbonyl (C=O) groups is 1. The summed E-state index contributed by atoms with van der Waals surface area (Å²) < 4.78 is 5.42. The van der Waals surface area contributed by atoms with Gasteiger partial charge in [0, 0.05) is 50.2 Å². The van der Waals surface area contributed by atoms with Crippen LogP contribution in [-0.4, -0.2) is 48.4 Å². The van der Waals surface area contributed by atoms with Crippen molar-refractivity contribution in [2.24, 2.45) is 0 Å². The van der Waals surface area contributed by atoms with Crippen LogP contribution < -0.4 is 5.32 Å². The second kappa shape index (κ2) is 8.37. The lowest BCUT2D eigenvalue weighted by molar-refractivity contribution is -0.116. The molecule has 5 heteroatoms. The molecule has 3 aromatic rings. The fraction of sp³-hybridized carbons (Fsp3) is 0.318. The maximum atomic E-state index is 12.4. The fourth-order valence-corrected chi connectivity index (χ4v) is 3.60. The standard InChI is InChI=1S/C22H25N3O2/c26-22(23-21-9-3-6-18-5-1-2-8-20(18)21)10-11-24-12-14-25(15-13-24)17-19-7-4-16-27-19/h1-9,16H,10-15,17H2,(H,23,26). The minimum absolute atomic E-state index is 0.0735. The van der Waals surface area contributed by atoms with Crippen LogP contribution in [0.25, 0.3) is 10.8 Å². The molecule has 1 saturated heterocycles. The second-order valence-electron chi connectivity index (χ2n) is 7.02. The third kappa shape index (κ3) is 4.56. The highest BCUT2D eigenvalue weighted by atomic mass is 16.3. The Morgan fingerprint density at radius 2 is 1.70 bits per heavy atom. The number of hydrogen-bond acceptors (Lipinski definition) is 4. The molecule has 140 valence electrons. The predicted molar refractivity (Wildman–Crippen MR) is 108 cm³/mol. The highest BCUT2D eigenvalue weighted by molar-refractivity contribution is 6.02. The molecule has 2 aromatic carbocycles. The lowest BCUT2D eigenvalue weighted by atomic mass is 10.1. The number of furan rings is 1. The van der Waals surface area contributed by atoms with Crippen molar-refractivity contribution in [3.8, 4) is 0 Å². The molecule has 2 heterocycles. The van der Waals surface area contributed by atoms with E-state index in [4.69, 9.17) is 4.42 Å². The van der Waals surface area contributed by atoms with E-state index in [0.717, 1.165) is 61.5 Å². The van der Waals surface area contributed by atoms with Gasteiger partial charge in [-0.2, -0.15) is 0 Å². The monoisotopic (exact) mass is 363 g/mol. The molecule has 0 radical (unpaired) electrons. The van der Waals surface area contributed by atoms with Gasteiger partial charge in [-0.05, 0) is 23.6 Å². The third-order valence-corrected chi connectivity index (χ3v) is 5.14. The van der Waals surface area contributed by atoms with Gasteiger partial charge in [-0.15, -0.1) is 0 Å². The molecule has 5 nitrogen and oxygen atoms in total. The van der Waals surface area contributed by atoms with E-state index in [1.165, 1.54) is 0 Å². The van der Waals surface area contributed by atoms with Crippen LogP contribution in [0.3, 0.4) is 0 Å². The smallest absolute Gasteiger partial charge is 0.225 e. The van der Waals surface area contributed by atoms with Crippen LogP contribution in [0.4, 0.5) is 5.69 Å².